The summed E-state index contributed by atoms with van der Waals surface area (Å²) in [5.41, 5.74) is 11.0. The highest BCUT2D eigenvalue weighted by atomic mass is 32.1. The molecule has 0 fully saturated rings. The molecule has 16 nitrogen and oxygen atoms in total. The number of carbonyl (C=O) groups excluding carboxylic acids is 4. The normalized spacial score (nSPS) is 10.6. The van der Waals surface area contributed by atoms with Crippen LogP contribution in [-0.4, -0.2) is 76.3 Å². The summed E-state index contributed by atoms with van der Waals surface area (Å²) >= 11 is 4.40. The molecule has 0 radical (unpaired) electrons. The van der Waals surface area contributed by atoms with E-state index in [1.54, 1.807) is 53.7 Å². The Bertz CT molecular complexity index is 3650. The SMILES string of the molecule is CCCc1ccc(-c2cc(OC)cc(C(=O)OC(C)C)n2)cc1.CCCc1ccc(-c2cccc(C(=O)OC(C)C)n2)cc1.CCOc1ccc(-c2nc(C(=O)OCc3ccoc3)cs2)cc1.CCOc1ccc(-c2nc(C(=O)OCc3ccsc3)cs2)cc1. The molecule has 0 saturated heterocycles. The van der Waals surface area contributed by atoms with Gasteiger partial charge >= 0.3 is 23.9 Å². The molecule has 4 aromatic carbocycles. The van der Waals surface area contributed by atoms with E-state index < -0.39 is 17.9 Å². The number of rotatable bonds is 23. The van der Waals surface area contributed by atoms with Crippen molar-refractivity contribution in [3.63, 3.8) is 0 Å². The number of pyridine rings is 2. The van der Waals surface area contributed by atoms with Crippen LogP contribution in [0.25, 0.3) is 43.7 Å². The van der Waals surface area contributed by atoms with E-state index in [0.29, 0.717) is 41.7 Å². The van der Waals surface area contributed by atoms with Crippen molar-refractivity contribution < 1.29 is 56.8 Å². The van der Waals surface area contributed by atoms with Crippen LogP contribution in [0.2, 0.25) is 0 Å². The van der Waals surface area contributed by atoms with Crippen LogP contribution in [0.4, 0.5) is 0 Å². The van der Waals surface area contributed by atoms with Gasteiger partial charge in [-0.05, 0) is 149 Å². The Morgan fingerprint density at radius 3 is 1.41 bits per heavy atom. The maximum atomic E-state index is 12.1. The van der Waals surface area contributed by atoms with Crippen molar-refractivity contribution in [1.29, 1.82) is 0 Å². The predicted molar refractivity (Wildman–Crippen MR) is 354 cm³/mol. The zero-order valence-corrected chi connectivity index (χ0v) is 54.4. The first-order valence-electron chi connectivity index (χ1n) is 29.5. The number of esters is 4. The lowest BCUT2D eigenvalue weighted by atomic mass is 10.1. The number of carbonyl (C=O) groups is 4. The highest BCUT2D eigenvalue weighted by Gasteiger charge is 2.18. The number of aromatic nitrogens is 4. The van der Waals surface area contributed by atoms with Gasteiger partial charge in [0.2, 0.25) is 0 Å². The van der Waals surface area contributed by atoms with Crippen LogP contribution in [-0.2, 0) is 45.0 Å². The molecule has 10 aromatic rings. The van der Waals surface area contributed by atoms with Crippen molar-refractivity contribution in [1.82, 2.24) is 19.9 Å². The summed E-state index contributed by atoms with van der Waals surface area (Å²) < 4.78 is 41.9. The number of hydrogen-bond acceptors (Lipinski definition) is 19. The number of nitrogens with zero attached hydrogens (tertiary/aromatic N) is 4. The van der Waals surface area contributed by atoms with Crippen molar-refractivity contribution >= 4 is 57.9 Å². The number of ether oxygens (including phenoxy) is 7. The number of furan rings is 1. The molecule has 468 valence electrons. The molecule has 0 aliphatic rings. The van der Waals surface area contributed by atoms with Crippen LogP contribution in [0.3, 0.4) is 0 Å². The topological polar surface area (TPSA) is 198 Å². The second-order valence-electron chi connectivity index (χ2n) is 20.4. The highest BCUT2D eigenvalue weighted by molar-refractivity contribution is 7.13. The molecule has 6 heterocycles. The molecule has 0 saturated carbocycles. The Hall–Kier alpha value is -9.30. The van der Waals surface area contributed by atoms with E-state index >= 15 is 0 Å². The first kappa shape index (κ1) is 68.2. The number of hydrogen-bond donors (Lipinski definition) is 0. The lowest BCUT2D eigenvalue weighted by molar-refractivity contribution is 0.0360. The van der Waals surface area contributed by atoms with Crippen LogP contribution < -0.4 is 14.2 Å². The van der Waals surface area contributed by atoms with Crippen LogP contribution in [0, 0.1) is 0 Å². The maximum absolute atomic E-state index is 12.1. The standard InChI is InChI=1S/C19H23NO3.C18H21NO2.C17H15NO4S.C17H15NO3S2/c1-5-6-14-7-9-15(10-8-14)17-11-16(22-4)12-18(20-17)19(21)23-13(2)3;1-4-6-14-9-11-15(12-10-14)16-7-5-8-17(19-16)18(20)21-13(2)3;1-2-21-14-5-3-13(4-6-14)16-18-15(11-23-16)17(19)22-10-12-7-8-20-9-12;1-2-20-14-5-3-13(4-6-14)16-18-15(11-23-16)17(19)21-9-12-7-8-22-10-12/h7-13H,5-6H2,1-4H3;5,7-13H,4,6H2,1-3H3;3-9,11H,2,10H2,1H3;3-8,10-11H,2,9H2,1H3. The van der Waals surface area contributed by atoms with E-state index in [-0.39, 0.29) is 37.1 Å². The fourth-order valence-corrected chi connectivity index (χ4v) is 10.6. The van der Waals surface area contributed by atoms with E-state index in [0.717, 1.165) is 86.3 Å². The average Bonchev–Trinajstić information content (AvgIpc) is 4.01. The third-order valence-electron chi connectivity index (χ3n) is 12.6. The van der Waals surface area contributed by atoms with Gasteiger partial charge in [0.1, 0.15) is 46.2 Å². The van der Waals surface area contributed by atoms with Gasteiger partial charge in [-0.2, -0.15) is 11.3 Å². The van der Waals surface area contributed by atoms with Gasteiger partial charge in [0.05, 0.1) is 56.4 Å². The van der Waals surface area contributed by atoms with E-state index in [1.807, 2.05) is 149 Å². The van der Waals surface area contributed by atoms with E-state index in [9.17, 15) is 19.2 Å². The van der Waals surface area contributed by atoms with Crippen LogP contribution >= 0.6 is 34.0 Å². The minimum atomic E-state index is -0.445. The molecule has 6 aromatic heterocycles. The summed E-state index contributed by atoms with van der Waals surface area (Å²) in [7, 11) is 1.57. The molecule has 0 aliphatic carbocycles. The molecular formula is C71H74N4O12S3. The zero-order chi connectivity index (χ0) is 64.2. The summed E-state index contributed by atoms with van der Waals surface area (Å²) in [5, 5.41) is 8.89. The number of thiazole rings is 2. The number of benzene rings is 4. The van der Waals surface area contributed by atoms with E-state index in [1.165, 1.54) is 40.1 Å². The van der Waals surface area contributed by atoms with Gasteiger partial charge in [-0.1, -0.05) is 81.3 Å². The number of thiophene rings is 1. The molecule has 0 N–H and O–H groups in total. The maximum Gasteiger partial charge on any atom is 0.358 e. The smallest absolute Gasteiger partial charge is 0.358 e. The van der Waals surface area contributed by atoms with Gasteiger partial charge < -0.3 is 37.6 Å². The molecule has 0 spiro atoms. The molecule has 19 heteroatoms. The van der Waals surface area contributed by atoms with E-state index in [2.05, 4.69) is 58.0 Å². The Morgan fingerprint density at radius 1 is 0.467 bits per heavy atom. The van der Waals surface area contributed by atoms with Gasteiger partial charge in [0.15, 0.2) is 17.1 Å². The van der Waals surface area contributed by atoms with Gasteiger partial charge in [-0.25, -0.2) is 39.1 Å². The molecule has 90 heavy (non-hydrogen) atoms. The molecule has 0 amide bonds. The van der Waals surface area contributed by atoms with Crippen molar-refractivity contribution in [2.24, 2.45) is 0 Å². The molecule has 0 bridgehead atoms. The quantitative estimate of drug-likeness (QED) is 0.0432. The highest BCUT2D eigenvalue weighted by Crippen LogP contribution is 2.29. The zero-order valence-electron chi connectivity index (χ0n) is 52.0. The molecular weight excluding hydrogens is 1200 g/mol. The summed E-state index contributed by atoms with van der Waals surface area (Å²) in [5.74, 6) is 0.556. The first-order valence-corrected chi connectivity index (χ1v) is 32.2. The molecule has 0 unspecified atom stereocenters. The van der Waals surface area contributed by atoms with Gasteiger partial charge in [0, 0.05) is 56.3 Å². The monoisotopic (exact) mass is 1270 g/mol. The summed E-state index contributed by atoms with van der Waals surface area (Å²) in [6.45, 7) is 17.2. The molecule has 0 atom stereocenters. The minimum absolute atomic E-state index is 0.142. The Labute approximate surface area is 537 Å². The van der Waals surface area contributed by atoms with Crippen molar-refractivity contribution in [2.45, 2.75) is 106 Å². The minimum Gasteiger partial charge on any atom is -0.497 e. The summed E-state index contributed by atoms with van der Waals surface area (Å²) in [6.07, 6.45) is 7.13. The predicted octanol–water partition coefficient (Wildman–Crippen LogP) is 17.3. The fraction of sp³-hybridized carbons (Fsp3) is 0.268. The summed E-state index contributed by atoms with van der Waals surface area (Å²) in [6, 6.07) is 44.3. The number of aryl methyl sites for hydroxylation is 2. The lowest BCUT2D eigenvalue weighted by Gasteiger charge is -2.11. The van der Waals surface area contributed by atoms with Gasteiger partial charge in [-0.15, -0.1) is 22.7 Å². The largest absolute Gasteiger partial charge is 0.497 e. The number of methoxy groups -OCH3 is 1. The average molecular weight is 1270 g/mol. The van der Waals surface area contributed by atoms with Crippen LogP contribution in [0.15, 0.2) is 178 Å². The molecule has 0 aliphatic heterocycles. The third-order valence-corrected chi connectivity index (χ3v) is 15.1. The second-order valence-corrected chi connectivity index (χ2v) is 22.9. The van der Waals surface area contributed by atoms with Crippen molar-refractivity contribution in [2.75, 3.05) is 20.3 Å². The van der Waals surface area contributed by atoms with Crippen molar-refractivity contribution in [3.8, 4) is 60.9 Å². The van der Waals surface area contributed by atoms with Crippen LogP contribution in [0.1, 0.15) is 132 Å². The third kappa shape index (κ3) is 21.5. The Balaban J connectivity index is 0.000000171. The van der Waals surface area contributed by atoms with Gasteiger partial charge in [0.25, 0.3) is 0 Å². The lowest BCUT2D eigenvalue weighted by Crippen LogP contribution is -2.13. The van der Waals surface area contributed by atoms with E-state index in [4.69, 9.17) is 37.6 Å². The Kier molecular flexibility index (Phi) is 27.0. The van der Waals surface area contributed by atoms with Crippen molar-refractivity contribution in [3.05, 3.63) is 219 Å². The van der Waals surface area contributed by atoms with Gasteiger partial charge in [-0.3, -0.25) is 0 Å². The Morgan fingerprint density at radius 2 is 0.956 bits per heavy atom. The van der Waals surface area contributed by atoms with Crippen LogP contribution in [0.5, 0.6) is 17.2 Å². The summed E-state index contributed by atoms with van der Waals surface area (Å²) in [4.78, 5) is 65.5. The fourth-order valence-electron chi connectivity index (χ4n) is 8.31. The molecule has 10 rings (SSSR count). The second kappa shape index (κ2) is 35.6. The first-order chi connectivity index (χ1) is 43.6.